The van der Waals surface area contributed by atoms with Crippen LogP contribution in [0.4, 0.5) is 18.9 Å². The number of imidazole rings is 2. The highest BCUT2D eigenvalue weighted by molar-refractivity contribution is 7.92. The number of sulfonamides is 1. The predicted octanol–water partition coefficient (Wildman–Crippen LogP) is 6.45. The van der Waals surface area contributed by atoms with Crippen LogP contribution in [0.1, 0.15) is 0 Å². The maximum Gasteiger partial charge on any atom is 0.267 e. The van der Waals surface area contributed by atoms with E-state index in [1.54, 1.807) is 17.0 Å². The number of rotatable bonds is 11. The minimum Gasteiger partial charge on any atom is -0.480 e. The molecule has 0 saturated heterocycles. The molecule has 0 aliphatic heterocycles. The first-order valence-electron chi connectivity index (χ1n) is 13.3. The summed E-state index contributed by atoms with van der Waals surface area (Å²) in [6.07, 6.45) is 5.63. The third-order valence-electron chi connectivity index (χ3n) is 6.67. The average Bonchev–Trinajstić information content (AvgIpc) is 3.60. The number of halogens is 4. The van der Waals surface area contributed by atoms with Crippen molar-refractivity contribution in [3.63, 3.8) is 0 Å². The Balaban J connectivity index is 1.48. The van der Waals surface area contributed by atoms with E-state index in [0.717, 1.165) is 28.6 Å². The second kappa shape index (κ2) is 12.2. The van der Waals surface area contributed by atoms with Crippen LogP contribution < -0.4 is 9.46 Å². The normalized spacial score (nSPS) is 12.2. The third kappa shape index (κ3) is 6.31. The number of aromatic nitrogens is 5. The van der Waals surface area contributed by atoms with E-state index < -0.39 is 57.4 Å². The lowest BCUT2D eigenvalue weighted by Crippen LogP contribution is -2.22. The van der Waals surface area contributed by atoms with Gasteiger partial charge < -0.3 is 14.0 Å². The van der Waals surface area contributed by atoms with E-state index in [1.807, 2.05) is 4.72 Å². The lowest BCUT2D eigenvalue weighted by Gasteiger charge is -2.16. The van der Waals surface area contributed by atoms with E-state index in [-0.39, 0.29) is 17.6 Å². The van der Waals surface area contributed by atoms with E-state index in [0.29, 0.717) is 23.6 Å². The fourth-order valence-corrected chi connectivity index (χ4v) is 6.58. The summed E-state index contributed by atoms with van der Waals surface area (Å²) in [6.45, 7) is 7.56. The molecule has 0 aliphatic carbocycles. The van der Waals surface area contributed by atoms with Gasteiger partial charge in [-0.25, -0.2) is 32.2 Å². The monoisotopic (exact) mass is 664 g/mol. The number of nitrogens with zero attached hydrogens (tertiary/aromatic N) is 5. The fraction of sp³-hybridized carbons (Fsp3) is 0.250. The van der Waals surface area contributed by atoms with Crippen molar-refractivity contribution in [2.24, 2.45) is 0 Å². The Labute approximate surface area is 257 Å². The van der Waals surface area contributed by atoms with Crippen LogP contribution in [-0.4, -0.2) is 54.1 Å². The topological polar surface area (TPSA) is 113 Å². The summed E-state index contributed by atoms with van der Waals surface area (Å²) in [5.74, 6) is -3.35. The van der Waals surface area contributed by atoms with Gasteiger partial charge in [-0.15, -0.1) is 0 Å². The van der Waals surface area contributed by atoms with Gasteiger partial charge in [0, 0.05) is 38.8 Å². The summed E-state index contributed by atoms with van der Waals surface area (Å²) in [6, 6.07) is 6.40. The molecular formula is C28H28ClF3N6O4SSi. The molecule has 0 atom stereocenters. The number of ether oxygens (including phenoxy) is 2. The molecule has 0 saturated carbocycles. The summed E-state index contributed by atoms with van der Waals surface area (Å²) in [4.78, 5) is 12.0. The van der Waals surface area contributed by atoms with Gasteiger partial charge in [0.1, 0.15) is 24.6 Å². The standard InChI is InChI=1S/C28H28ClF3N6O4SSi/c1-41-28-22(13-17(29)14-34-28)43(39,40)36-20-7-6-19(30)23(24(20)31)18-5-8-21-25(35-15-38(21)26(18)32)27-33-9-10-37(27)16-42-11-12-44(2,3)4/h5-10,13-15,36H,11-12,16H2,1-4H3. The quantitative estimate of drug-likeness (QED) is 0.0981. The number of hydrogen-bond donors (Lipinski definition) is 1. The average molecular weight is 665 g/mol. The molecule has 0 bridgehead atoms. The van der Waals surface area contributed by atoms with Crippen LogP contribution >= 0.6 is 11.6 Å². The Morgan fingerprint density at radius 2 is 1.84 bits per heavy atom. The van der Waals surface area contributed by atoms with Gasteiger partial charge in [0.2, 0.25) is 11.8 Å². The van der Waals surface area contributed by atoms with E-state index in [1.165, 1.54) is 31.8 Å². The molecule has 0 amide bonds. The van der Waals surface area contributed by atoms with Crippen molar-refractivity contribution in [3.8, 4) is 28.5 Å². The van der Waals surface area contributed by atoms with Crippen LogP contribution in [0.2, 0.25) is 30.7 Å². The Morgan fingerprint density at radius 3 is 2.57 bits per heavy atom. The zero-order valence-electron chi connectivity index (χ0n) is 24.1. The highest BCUT2D eigenvalue weighted by Gasteiger charge is 2.27. The van der Waals surface area contributed by atoms with Gasteiger partial charge >= 0.3 is 0 Å². The van der Waals surface area contributed by atoms with E-state index in [2.05, 4.69) is 34.6 Å². The molecule has 0 unspecified atom stereocenters. The molecule has 1 N–H and O–H groups in total. The molecule has 5 aromatic rings. The van der Waals surface area contributed by atoms with E-state index in [4.69, 9.17) is 21.1 Å². The van der Waals surface area contributed by atoms with Crippen LogP contribution in [0.15, 0.2) is 60.1 Å². The van der Waals surface area contributed by atoms with Gasteiger partial charge in [-0.3, -0.25) is 9.12 Å². The van der Waals surface area contributed by atoms with Gasteiger partial charge in [-0.1, -0.05) is 31.2 Å². The smallest absolute Gasteiger partial charge is 0.267 e. The molecule has 0 fully saturated rings. The van der Waals surface area contributed by atoms with Crippen molar-refractivity contribution >= 4 is 40.9 Å². The minimum absolute atomic E-state index is 0.0152. The van der Waals surface area contributed by atoms with Gasteiger partial charge in [0.05, 0.1) is 28.9 Å². The fourth-order valence-electron chi connectivity index (χ4n) is 4.40. The Bertz CT molecular complexity index is 1960. The van der Waals surface area contributed by atoms with Gasteiger partial charge in [0.15, 0.2) is 16.5 Å². The zero-order valence-corrected chi connectivity index (χ0v) is 26.7. The van der Waals surface area contributed by atoms with Crippen molar-refractivity contribution < 1.29 is 31.1 Å². The van der Waals surface area contributed by atoms with E-state index >= 15 is 13.2 Å². The molecule has 5 rings (SSSR count). The molecular weight excluding hydrogens is 637 g/mol. The van der Waals surface area contributed by atoms with Crippen LogP contribution in [0.3, 0.4) is 0 Å². The Morgan fingerprint density at radius 1 is 1.07 bits per heavy atom. The second-order valence-corrected chi connectivity index (χ2v) is 18.7. The highest BCUT2D eigenvalue weighted by Crippen LogP contribution is 2.36. The minimum atomic E-state index is -4.51. The number of pyridine rings is 2. The molecule has 44 heavy (non-hydrogen) atoms. The predicted molar refractivity (Wildman–Crippen MR) is 162 cm³/mol. The maximum atomic E-state index is 15.9. The summed E-state index contributed by atoms with van der Waals surface area (Å²) >= 11 is 5.90. The molecule has 4 aromatic heterocycles. The largest absolute Gasteiger partial charge is 0.480 e. The number of nitrogens with one attached hydrogen (secondary N) is 1. The molecule has 232 valence electrons. The zero-order chi connectivity index (χ0) is 31.8. The first-order chi connectivity index (χ1) is 20.8. The second-order valence-electron chi connectivity index (χ2n) is 11.0. The van der Waals surface area contributed by atoms with Crippen molar-refractivity contribution in [2.45, 2.75) is 37.3 Å². The van der Waals surface area contributed by atoms with Gasteiger partial charge in [0.25, 0.3) is 10.0 Å². The number of benzene rings is 1. The third-order valence-corrected chi connectivity index (χ3v) is 9.94. The van der Waals surface area contributed by atoms with Crippen LogP contribution in [0.25, 0.3) is 28.2 Å². The first kappa shape index (κ1) is 31.5. The number of anilines is 1. The Hall–Kier alpha value is -3.92. The molecule has 4 heterocycles. The maximum absolute atomic E-state index is 15.9. The van der Waals surface area contributed by atoms with E-state index in [9.17, 15) is 8.42 Å². The first-order valence-corrected chi connectivity index (χ1v) is 18.8. The summed E-state index contributed by atoms with van der Waals surface area (Å²) < 4.78 is 88.5. The number of hydrogen-bond acceptors (Lipinski definition) is 7. The van der Waals surface area contributed by atoms with Crippen molar-refractivity contribution in [1.29, 1.82) is 0 Å². The highest BCUT2D eigenvalue weighted by atomic mass is 35.5. The molecule has 0 spiro atoms. The van der Waals surface area contributed by atoms with Gasteiger partial charge in [-0.2, -0.15) is 4.39 Å². The summed E-state index contributed by atoms with van der Waals surface area (Å²) in [5.41, 5.74) is -1.25. The lowest BCUT2D eigenvalue weighted by molar-refractivity contribution is 0.0882. The van der Waals surface area contributed by atoms with Crippen LogP contribution in [0.5, 0.6) is 5.88 Å². The molecule has 0 aliphatic rings. The molecule has 16 heteroatoms. The number of fused-ring (bicyclic) bond motifs is 1. The van der Waals surface area contributed by atoms with Crippen molar-refractivity contribution in [1.82, 2.24) is 23.9 Å². The van der Waals surface area contributed by atoms with Crippen molar-refractivity contribution in [2.75, 3.05) is 18.4 Å². The van der Waals surface area contributed by atoms with Crippen LogP contribution in [0, 0.1) is 17.6 Å². The summed E-state index contributed by atoms with van der Waals surface area (Å²) in [7, 11) is -4.59. The molecule has 0 radical (unpaired) electrons. The van der Waals surface area contributed by atoms with Crippen molar-refractivity contribution in [3.05, 3.63) is 77.9 Å². The molecule has 1 aromatic carbocycles. The lowest BCUT2D eigenvalue weighted by atomic mass is 10.0. The Kier molecular flexibility index (Phi) is 8.75. The summed E-state index contributed by atoms with van der Waals surface area (Å²) in [5, 5.41) is -0.0152. The SMILES string of the molecule is COc1ncc(Cl)cc1S(=O)(=O)Nc1ccc(F)c(-c2ccc3c(-c4nccn4COCC[Si](C)(C)C)ncn3c2F)c1F. The van der Waals surface area contributed by atoms with Crippen LogP contribution in [-0.2, 0) is 21.5 Å². The molecule has 10 nitrogen and oxygen atoms in total. The van der Waals surface area contributed by atoms with Gasteiger partial charge in [-0.05, 0) is 36.4 Å². The number of methoxy groups -OCH3 is 1.